The fraction of sp³-hybridized carbons (Fsp3) is 0.688. The summed E-state index contributed by atoms with van der Waals surface area (Å²) in [5.74, 6) is 0.329. The molecule has 0 aliphatic carbocycles. The van der Waals surface area contributed by atoms with Crippen LogP contribution >= 0.6 is 15.9 Å². The molecule has 2 aliphatic heterocycles. The van der Waals surface area contributed by atoms with E-state index in [4.69, 9.17) is 0 Å². The highest BCUT2D eigenvalue weighted by atomic mass is 79.9. The van der Waals surface area contributed by atoms with Crippen LogP contribution in [0.4, 0.5) is 0 Å². The Balaban J connectivity index is 2.13. The van der Waals surface area contributed by atoms with Crippen LogP contribution in [-0.2, 0) is 4.79 Å². The van der Waals surface area contributed by atoms with Crippen molar-refractivity contribution in [1.82, 2.24) is 4.90 Å². The van der Waals surface area contributed by atoms with E-state index in [0.717, 1.165) is 32.2 Å². The average molecular weight is 326 g/mol. The Morgan fingerprint density at radius 3 is 2.95 bits per heavy atom. The Bertz CT molecular complexity index is 411. The molecular weight excluding hydrogens is 302 g/mol. The molecule has 2 rings (SSSR count). The summed E-state index contributed by atoms with van der Waals surface area (Å²) >= 11 is 3.74. The molecular formula is C16H24BrNO. The number of amides is 1. The van der Waals surface area contributed by atoms with E-state index in [1.807, 2.05) is 0 Å². The Morgan fingerprint density at radius 2 is 2.21 bits per heavy atom. The van der Waals surface area contributed by atoms with E-state index < -0.39 is 0 Å². The van der Waals surface area contributed by atoms with E-state index in [0.29, 0.717) is 11.9 Å². The molecule has 0 bridgehead atoms. The molecule has 0 radical (unpaired) electrons. The normalized spacial score (nSPS) is 26.1. The van der Waals surface area contributed by atoms with Crippen molar-refractivity contribution in [2.24, 2.45) is 0 Å². The number of piperidine rings is 1. The zero-order valence-electron chi connectivity index (χ0n) is 12.0. The molecule has 1 atom stereocenters. The van der Waals surface area contributed by atoms with Crippen molar-refractivity contribution >= 4 is 21.8 Å². The number of carbonyl (C=O) groups is 1. The van der Waals surface area contributed by atoms with E-state index in [1.165, 1.54) is 34.9 Å². The van der Waals surface area contributed by atoms with E-state index >= 15 is 0 Å². The summed E-state index contributed by atoms with van der Waals surface area (Å²) in [5.41, 5.74) is 2.64. The van der Waals surface area contributed by atoms with E-state index in [9.17, 15) is 4.79 Å². The maximum atomic E-state index is 12.1. The number of fused-ring (bicyclic) bond motifs is 1. The second-order valence-electron chi connectivity index (χ2n) is 5.65. The number of nitrogens with zero attached hydrogens (tertiary/aromatic N) is 1. The van der Waals surface area contributed by atoms with Crippen molar-refractivity contribution in [3.63, 3.8) is 0 Å². The minimum Gasteiger partial charge on any atom is -0.332 e. The molecule has 0 aromatic carbocycles. The Hall–Kier alpha value is -0.570. The van der Waals surface area contributed by atoms with Crippen molar-refractivity contribution in [2.75, 3.05) is 6.54 Å². The van der Waals surface area contributed by atoms with Gasteiger partial charge in [0.2, 0.25) is 5.91 Å². The van der Waals surface area contributed by atoms with Crippen molar-refractivity contribution in [2.45, 2.75) is 64.8 Å². The SMILES string of the molecule is CCCCC/C=C1\CN2C(=O)CCCC2C(C)=C1Br. The minimum absolute atomic E-state index is 0.329. The monoisotopic (exact) mass is 325 g/mol. The quantitative estimate of drug-likeness (QED) is 0.694. The van der Waals surface area contributed by atoms with Gasteiger partial charge in [-0.15, -0.1) is 0 Å². The second-order valence-corrected chi connectivity index (χ2v) is 6.44. The largest absolute Gasteiger partial charge is 0.332 e. The molecule has 2 heterocycles. The highest BCUT2D eigenvalue weighted by molar-refractivity contribution is 9.12. The molecule has 1 amide bonds. The topological polar surface area (TPSA) is 20.3 Å². The van der Waals surface area contributed by atoms with Crippen LogP contribution in [-0.4, -0.2) is 23.4 Å². The van der Waals surface area contributed by atoms with Gasteiger partial charge in [-0.25, -0.2) is 0 Å². The minimum atomic E-state index is 0.329. The van der Waals surface area contributed by atoms with Gasteiger partial charge in [-0.2, -0.15) is 0 Å². The number of rotatable bonds is 4. The van der Waals surface area contributed by atoms with Crippen LogP contribution in [0.2, 0.25) is 0 Å². The lowest BCUT2D eigenvalue weighted by molar-refractivity contribution is -0.135. The van der Waals surface area contributed by atoms with Crippen LogP contribution in [0.25, 0.3) is 0 Å². The summed E-state index contributed by atoms with van der Waals surface area (Å²) in [7, 11) is 0. The van der Waals surface area contributed by atoms with Gasteiger partial charge in [0.25, 0.3) is 0 Å². The molecule has 0 saturated carbocycles. The van der Waals surface area contributed by atoms with Crippen molar-refractivity contribution in [3.05, 3.63) is 21.7 Å². The predicted molar refractivity (Wildman–Crippen MR) is 83.2 cm³/mol. The van der Waals surface area contributed by atoms with Gasteiger partial charge in [-0.05, 0) is 43.8 Å². The number of halogens is 1. The Labute approximate surface area is 125 Å². The first-order valence-electron chi connectivity index (χ1n) is 7.50. The van der Waals surface area contributed by atoms with Gasteiger partial charge in [-0.1, -0.05) is 41.8 Å². The van der Waals surface area contributed by atoms with Crippen LogP contribution in [0, 0.1) is 0 Å². The number of hydrogen-bond donors (Lipinski definition) is 0. The van der Waals surface area contributed by atoms with E-state index in [-0.39, 0.29) is 0 Å². The van der Waals surface area contributed by atoms with Gasteiger partial charge >= 0.3 is 0 Å². The number of unbranched alkanes of at least 4 members (excludes halogenated alkanes) is 3. The van der Waals surface area contributed by atoms with Gasteiger partial charge in [-0.3, -0.25) is 4.79 Å². The number of carbonyl (C=O) groups excluding carboxylic acids is 1. The maximum Gasteiger partial charge on any atom is 0.223 e. The molecule has 0 spiro atoms. The Morgan fingerprint density at radius 1 is 1.42 bits per heavy atom. The molecule has 1 saturated heterocycles. The van der Waals surface area contributed by atoms with Crippen molar-refractivity contribution in [1.29, 1.82) is 0 Å². The van der Waals surface area contributed by atoms with Crippen molar-refractivity contribution in [3.8, 4) is 0 Å². The molecule has 0 aromatic heterocycles. The van der Waals surface area contributed by atoms with Crippen LogP contribution < -0.4 is 0 Å². The fourth-order valence-corrected chi connectivity index (χ4v) is 3.60. The zero-order valence-corrected chi connectivity index (χ0v) is 13.6. The molecule has 0 aromatic rings. The highest BCUT2D eigenvalue weighted by Gasteiger charge is 2.34. The summed E-state index contributed by atoms with van der Waals surface area (Å²) in [5, 5.41) is 0. The number of hydrogen-bond acceptors (Lipinski definition) is 1. The van der Waals surface area contributed by atoms with E-state index in [2.05, 4.69) is 40.8 Å². The lowest BCUT2D eigenvalue weighted by Gasteiger charge is -2.41. The highest BCUT2D eigenvalue weighted by Crippen LogP contribution is 2.36. The van der Waals surface area contributed by atoms with Crippen molar-refractivity contribution < 1.29 is 4.79 Å². The van der Waals surface area contributed by atoms with Crippen LogP contribution in [0.3, 0.4) is 0 Å². The lowest BCUT2D eigenvalue weighted by atomic mass is 9.90. The fourth-order valence-electron chi connectivity index (χ4n) is 3.05. The maximum absolute atomic E-state index is 12.1. The first kappa shape index (κ1) is 14.8. The van der Waals surface area contributed by atoms with Gasteiger partial charge in [0.15, 0.2) is 0 Å². The standard InChI is InChI=1S/C16H24BrNO/c1-3-4-5-6-8-13-11-18-14(12(2)16(13)17)9-7-10-15(18)19/h8,14H,3-7,9-11H2,1-2H3/b13-8+. The lowest BCUT2D eigenvalue weighted by Crippen LogP contribution is -2.47. The molecule has 0 N–H and O–H groups in total. The van der Waals surface area contributed by atoms with E-state index in [1.54, 1.807) is 0 Å². The second kappa shape index (κ2) is 6.74. The third-order valence-electron chi connectivity index (χ3n) is 4.23. The van der Waals surface area contributed by atoms with Gasteiger partial charge in [0, 0.05) is 17.4 Å². The molecule has 2 aliphatic rings. The molecule has 1 unspecified atom stereocenters. The van der Waals surface area contributed by atoms with Crippen LogP contribution in [0.1, 0.15) is 58.8 Å². The molecule has 3 heteroatoms. The van der Waals surface area contributed by atoms with Gasteiger partial charge < -0.3 is 4.90 Å². The first-order valence-corrected chi connectivity index (χ1v) is 8.29. The Kier molecular flexibility index (Phi) is 5.26. The molecule has 2 nitrogen and oxygen atoms in total. The molecule has 1 fully saturated rings. The summed E-state index contributed by atoms with van der Waals surface area (Å²) in [6, 6.07) is 0.336. The average Bonchev–Trinajstić information content (AvgIpc) is 2.41. The summed E-state index contributed by atoms with van der Waals surface area (Å²) in [4.78, 5) is 14.1. The molecule has 19 heavy (non-hydrogen) atoms. The first-order chi connectivity index (χ1) is 9.15. The summed E-state index contributed by atoms with van der Waals surface area (Å²) < 4.78 is 1.25. The van der Waals surface area contributed by atoms with Crippen LogP contribution in [0.5, 0.6) is 0 Å². The predicted octanol–water partition coefficient (Wildman–Crippen LogP) is 4.56. The number of allylic oxidation sites excluding steroid dienone is 1. The molecule has 106 valence electrons. The smallest absolute Gasteiger partial charge is 0.223 e. The van der Waals surface area contributed by atoms with Gasteiger partial charge in [0.1, 0.15) is 0 Å². The van der Waals surface area contributed by atoms with Crippen LogP contribution in [0.15, 0.2) is 21.7 Å². The summed E-state index contributed by atoms with van der Waals surface area (Å²) in [6.45, 7) is 5.19. The third kappa shape index (κ3) is 3.31. The third-order valence-corrected chi connectivity index (χ3v) is 5.37. The summed E-state index contributed by atoms with van der Waals surface area (Å²) in [6.07, 6.45) is 10.1. The zero-order chi connectivity index (χ0) is 13.8. The van der Waals surface area contributed by atoms with Gasteiger partial charge in [0.05, 0.1) is 6.04 Å².